The fourth-order valence-electron chi connectivity index (χ4n) is 3.41. The molecule has 8 heteroatoms. The van der Waals surface area contributed by atoms with Crippen molar-refractivity contribution in [3.05, 3.63) is 69.8 Å². The molecule has 0 aliphatic carbocycles. The number of non-ortho nitro benzene ring substituents is 1. The van der Waals surface area contributed by atoms with Crippen molar-refractivity contribution in [1.29, 1.82) is 0 Å². The first-order valence-corrected chi connectivity index (χ1v) is 9.62. The number of nitrogens with zero attached hydrogens (tertiary/aromatic N) is 3. The first kappa shape index (κ1) is 22.9. The van der Waals surface area contributed by atoms with Gasteiger partial charge >= 0.3 is 0 Å². The molecule has 29 heavy (non-hydrogen) atoms. The molecule has 2 aromatic rings. The van der Waals surface area contributed by atoms with Crippen molar-refractivity contribution in [3.8, 4) is 0 Å². The summed E-state index contributed by atoms with van der Waals surface area (Å²) in [6.07, 6.45) is 2.51. The number of nitro benzene ring substituents is 1. The van der Waals surface area contributed by atoms with Crippen LogP contribution in [-0.4, -0.2) is 31.0 Å². The summed E-state index contributed by atoms with van der Waals surface area (Å²) < 4.78 is 0. The van der Waals surface area contributed by atoms with E-state index >= 15 is 0 Å². The molecular formula is C21H28IN5O2. The van der Waals surface area contributed by atoms with Gasteiger partial charge in [0.05, 0.1) is 11.0 Å². The number of anilines is 1. The molecule has 1 aliphatic heterocycles. The van der Waals surface area contributed by atoms with Crippen molar-refractivity contribution < 1.29 is 4.92 Å². The summed E-state index contributed by atoms with van der Waals surface area (Å²) in [5.74, 6) is 0.658. The van der Waals surface area contributed by atoms with Crippen LogP contribution in [0.1, 0.15) is 36.9 Å². The van der Waals surface area contributed by atoms with Crippen LogP contribution in [0.5, 0.6) is 0 Å². The Balaban J connectivity index is 0.00000300. The second kappa shape index (κ2) is 11.0. The van der Waals surface area contributed by atoms with Gasteiger partial charge in [-0.05, 0) is 43.0 Å². The lowest BCUT2D eigenvalue weighted by molar-refractivity contribution is -0.384. The summed E-state index contributed by atoms with van der Waals surface area (Å²) in [5, 5.41) is 17.5. The molecule has 0 radical (unpaired) electrons. The van der Waals surface area contributed by atoms with Crippen LogP contribution < -0.4 is 15.5 Å². The summed E-state index contributed by atoms with van der Waals surface area (Å²) in [7, 11) is 1.72. The topological polar surface area (TPSA) is 82.8 Å². The highest BCUT2D eigenvalue weighted by Gasteiger charge is 2.14. The average Bonchev–Trinajstić information content (AvgIpc) is 3.26. The maximum absolute atomic E-state index is 10.9. The number of nitrogens with one attached hydrogen (secondary N) is 2. The van der Waals surface area contributed by atoms with Gasteiger partial charge in [-0.15, -0.1) is 24.0 Å². The number of aliphatic imine (C=N–C) groups is 1. The van der Waals surface area contributed by atoms with Crippen molar-refractivity contribution in [2.24, 2.45) is 4.99 Å². The van der Waals surface area contributed by atoms with E-state index in [0.29, 0.717) is 12.5 Å². The Morgan fingerprint density at radius 1 is 1.21 bits per heavy atom. The highest BCUT2D eigenvalue weighted by atomic mass is 127. The summed E-state index contributed by atoms with van der Waals surface area (Å²) in [5.41, 5.74) is 3.39. The predicted molar refractivity (Wildman–Crippen MR) is 128 cm³/mol. The molecule has 0 amide bonds. The summed E-state index contributed by atoms with van der Waals surface area (Å²) in [4.78, 5) is 17.2. The number of hydrogen-bond donors (Lipinski definition) is 2. The Labute approximate surface area is 188 Å². The monoisotopic (exact) mass is 509 g/mol. The fourth-order valence-corrected chi connectivity index (χ4v) is 3.41. The number of nitro groups is 1. The SMILES string of the molecule is CN=C(NCc1cccc([N+](=O)[O-])c1)NC(C)c1cccc(N2CCCC2)c1.I. The lowest BCUT2D eigenvalue weighted by atomic mass is 10.1. The molecule has 0 bridgehead atoms. The predicted octanol–water partition coefficient (Wildman–Crippen LogP) is 4.24. The normalized spacial score (nSPS) is 14.8. The second-order valence-electron chi connectivity index (χ2n) is 7.01. The Morgan fingerprint density at radius 2 is 1.93 bits per heavy atom. The number of rotatable bonds is 6. The molecule has 3 rings (SSSR count). The van der Waals surface area contributed by atoms with E-state index in [1.165, 1.54) is 30.2 Å². The van der Waals surface area contributed by atoms with Crippen LogP contribution in [0.15, 0.2) is 53.5 Å². The van der Waals surface area contributed by atoms with Crippen molar-refractivity contribution in [2.45, 2.75) is 32.4 Å². The molecule has 1 saturated heterocycles. The first-order chi connectivity index (χ1) is 13.6. The van der Waals surface area contributed by atoms with E-state index in [2.05, 4.69) is 51.7 Å². The van der Waals surface area contributed by atoms with Gasteiger partial charge < -0.3 is 15.5 Å². The molecule has 0 saturated carbocycles. The van der Waals surface area contributed by atoms with Gasteiger partial charge in [0.15, 0.2) is 5.96 Å². The van der Waals surface area contributed by atoms with Crippen molar-refractivity contribution >= 4 is 41.3 Å². The Hall–Kier alpha value is -2.36. The third kappa shape index (κ3) is 6.31. The Morgan fingerprint density at radius 3 is 2.62 bits per heavy atom. The molecule has 1 unspecified atom stereocenters. The van der Waals surface area contributed by atoms with E-state index in [9.17, 15) is 10.1 Å². The molecule has 1 fully saturated rings. The Bertz CT molecular complexity index is 852. The maximum Gasteiger partial charge on any atom is 0.269 e. The number of hydrogen-bond acceptors (Lipinski definition) is 4. The van der Waals surface area contributed by atoms with Gasteiger partial charge in [0.2, 0.25) is 0 Å². The molecular weight excluding hydrogens is 481 g/mol. The van der Waals surface area contributed by atoms with Crippen molar-refractivity contribution in [2.75, 3.05) is 25.0 Å². The lowest BCUT2D eigenvalue weighted by Gasteiger charge is -2.22. The van der Waals surface area contributed by atoms with E-state index in [1.807, 2.05) is 6.07 Å². The zero-order chi connectivity index (χ0) is 19.9. The molecule has 7 nitrogen and oxygen atoms in total. The van der Waals surface area contributed by atoms with Gasteiger partial charge in [-0.1, -0.05) is 24.3 Å². The molecule has 1 heterocycles. The summed E-state index contributed by atoms with van der Waals surface area (Å²) >= 11 is 0. The van der Waals surface area contributed by atoms with E-state index in [4.69, 9.17) is 0 Å². The third-order valence-corrected chi connectivity index (χ3v) is 5.00. The van der Waals surface area contributed by atoms with Crippen LogP contribution >= 0.6 is 24.0 Å². The van der Waals surface area contributed by atoms with Crippen LogP contribution in [0.3, 0.4) is 0 Å². The van der Waals surface area contributed by atoms with E-state index < -0.39 is 0 Å². The molecule has 0 spiro atoms. The number of guanidine groups is 1. The van der Waals surface area contributed by atoms with Gasteiger partial charge in [-0.2, -0.15) is 0 Å². The van der Waals surface area contributed by atoms with E-state index in [1.54, 1.807) is 19.2 Å². The van der Waals surface area contributed by atoms with Crippen LogP contribution in [0.4, 0.5) is 11.4 Å². The van der Waals surface area contributed by atoms with Crippen LogP contribution in [0, 0.1) is 10.1 Å². The van der Waals surface area contributed by atoms with Gasteiger partial charge in [0, 0.05) is 44.5 Å². The van der Waals surface area contributed by atoms with Crippen molar-refractivity contribution in [3.63, 3.8) is 0 Å². The van der Waals surface area contributed by atoms with E-state index in [-0.39, 0.29) is 40.6 Å². The highest BCUT2D eigenvalue weighted by molar-refractivity contribution is 14.0. The molecule has 2 aromatic carbocycles. The minimum Gasteiger partial charge on any atom is -0.372 e. The molecule has 0 aromatic heterocycles. The minimum atomic E-state index is -0.383. The van der Waals surface area contributed by atoms with Crippen molar-refractivity contribution in [1.82, 2.24) is 10.6 Å². The Kier molecular flexibility index (Phi) is 8.69. The molecule has 1 aliphatic rings. The highest BCUT2D eigenvalue weighted by Crippen LogP contribution is 2.24. The molecule has 156 valence electrons. The van der Waals surface area contributed by atoms with E-state index in [0.717, 1.165) is 18.7 Å². The zero-order valence-electron chi connectivity index (χ0n) is 16.8. The maximum atomic E-state index is 10.9. The standard InChI is InChI=1S/C21H27N5O2.HI/c1-16(18-8-6-9-19(14-18)25-11-3-4-12-25)24-21(22-2)23-15-17-7-5-10-20(13-17)26(27)28;/h5-10,13-14,16H,3-4,11-12,15H2,1-2H3,(H2,22,23,24);1H. The molecule has 1 atom stereocenters. The van der Waals surface area contributed by atoms with Crippen LogP contribution in [0.25, 0.3) is 0 Å². The summed E-state index contributed by atoms with van der Waals surface area (Å²) in [6.45, 7) is 4.81. The lowest BCUT2D eigenvalue weighted by Crippen LogP contribution is -2.38. The zero-order valence-corrected chi connectivity index (χ0v) is 19.1. The number of benzene rings is 2. The smallest absolute Gasteiger partial charge is 0.269 e. The third-order valence-electron chi connectivity index (χ3n) is 5.00. The van der Waals surface area contributed by atoms with Crippen LogP contribution in [0.2, 0.25) is 0 Å². The van der Waals surface area contributed by atoms with Gasteiger partial charge in [0.1, 0.15) is 0 Å². The largest absolute Gasteiger partial charge is 0.372 e. The minimum absolute atomic E-state index is 0. The fraction of sp³-hybridized carbons (Fsp3) is 0.381. The first-order valence-electron chi connectivity index (χ1n) is 9.62. The molecule has 2 N–H and O–H groups in total. The quantitative estimate of drug-likeness (QED) is 0.200. The van der Waals surface area contributed by atoms with Gasteiger partial charge in [-0.3, -0.25) is 15.1 Å². The second-order valence-corrected chi connectivity index (χ2v) is 7.01. The van der Waals surface area contributed by atoms with Gasteiger partial charge in [0.25, 0.3) is 5.69 Å². The van der Waals surface area contributed by atoms with Gasteiger partial charge in [-0.25, -0.2) is 0 Å². The average molecular weight is 509 g/mol. The number of halogens is 1. The van der Waals surface area contributed by atoms with Crippen LogP contribution in [-0.2, 0) is 6.54 Å². The summed E-state index contributed by atoms with van der Waals surface area (Å²) in [6, 6.07) is 15.3.